The van der Waals surface area contributed by atoms with Crippen molar-refractivity contribution in [1.29, 1.82) is 0 Å². The number of benzene rings is 1. The summed E-state index contributed by atoms with van der Waals surface area (Å²) in [4.78, 5) is 18.0. The SMILES string of the molecule is CCN(C(=O)c1cc2ccccc2[nH]1)C1CC#CCCC1. The molecule has 1 N–H and O–H groups in total. The van der Waals surface area contributed by atoms with Gasteiger partial charge in [-0.05, 0) is 31.9 Å². The first-order valence-electron chi connectivity index (χ1n) is 7.64. The summed E-state index contributed by atoms with van der Waals surface area (Å²) in [6.07, 6.45) is 3.85. The largest absolute Gasteiger partial charge is 0.351 e. The molecule has 108 valence electrons. The maximum Gasteiger partial charge on any atom is 0.270 e. The van der Waals surface area contributed by atoms with E-state index in [0.29, 0.717) is 5.69 Å². The van der Waals surface area contributed by atoms with Crippen molar-refractivity contribution < 1.29 is 4.79 Å². The fourth-order valence-corrected chi connectivity index (χ4v) is 2.98. The highest BCUT2D eigenvalue weighted by Crippen LogP contribution is 2.20. The summed E-state index contributed by atoms with van der Waals surface area (Å²) >= 11 is 0. The van der Waals surface area contributed by atoms with Gasteiger partial charge in [0, 0.05) is 36.3 Å². The Balaban J connectivity index is 1.86. The van der Waals surface area contributed by atoms with Gasteiger partial charge in [-0.15, -0.1) is 11.8 Å². The second kappa shape index (κ2) is 6.05. The summed E-state index contributed by atoms with van der Waals surface area (Å²) in [6, 6.07) is 10.2. The zero-order chi connectivity index (χ0) is 14.7. The lowest BCUT2D eigenvalue weighted by Crippen LogP contribution is -2.40. The molecule has 3 nitrogen and oxygen atoms in total. The number of nitrogens with one attached hydrogen (secondary N) is 1. The number of fused-ring (bicyclic) bond motifs is 1. The van der Waals surface area contributed by atoms with E-state index >= 15 is 0 Å². The molecule has 1 aromatic heterocycles. The Labute approximate surface area is 125 Å². The molecule has 2 aromatic rings. The molecule has 1 aromatic carbocycles. The average Bonchev–Trinajstić information content (AvgIpc) is 2.77. The van der Waals surface area contributed by atoms with E-state index < -0.39 is 0 Å². The van der Waals surface area contributed by atoms with Crippen LogP contribution in [0.3, 0.4) is 0 Å². The van der Waals surface area contributed by atoms with Crippen LogP contribution in [-0.4, -0.2) is 28.4 Å². The Bertz CT molecular complexity index is 672. The summed E-state index contributed by atoms with van der Waals surface area (Å²) in [5, 5.41) is 1.08. The van der Waals surface area contributed by atoms with Gasteiger partial charge in [0.25, 0.3) is 5.91 Å². The number of carbonyl (C=O) groups is 1. The number of H-pyrrole nitrogens is 1. The maximum atomic E-state index is 12.8. The van der Waals surface area contributed by atoms with Gasteiger partial charge in [0.05, 0.1) is 0 Å². The Kier molecular flexibility index (Phi) is 3.96. The fourth-order valence-electron chi connectivity index (χ4n) is 2.98. The topological polar surface area (TPSA) is 36.1 Å². The van der Waals surface area contributed by atoms with E-state index in [1.807, 2.05) is 42.2 Å². The summed E-state index contributed by atoms with van der Waals surface area (Å²) in [6.45, 7) is 2.76. The minimum absolute atomic E-state index is 0.0856. The summed E-state index contributed by atoms with van der Waals surface area (Å²) in [5.41, 5.74) is 1.69. The number of rotatable bonds is 3. The number of carbonyl (C=O) groups excluding carboxylic acids is 1. The summed E-state index contributed by atoms with van der Waals surface area (Å²) < 4.78 is 0. The summed E-state index contributed by atoms with van der Waals surface area (Å²) in [7, 11) is 0. The van der Waals surface area contributed by atoms with Crippen LogP contribution in [0.25, 0.3) is 10.9 Å². The van der Waals surface area contributed by atoms with Crippen LogP contribution in [0, 0.1) is 11.8 Å². The van der Waals surface area contributed by atoms with Gasteiger partial charge in [0.1, 0.15) is 5.69 Å². The third-order valence-electron chi connectivity index (χ3n) is 4.10. The third-order valence-corrected chi connectivity index (χ3v) is 4.10. The predicted molar refractivity (Wildman–Crippen MR) is 85.0 cm³/mol. The van der Waals surface area contributed by atoms with Crippen LogP contribution >= 0.6 is 0 Å². The highest BCUT2D eigenvalue weighted by molar-refractivity contribution is 5.98. The Hall–Kier alpha value is -2.21. The molecule has 1 atom stereocenters. The lowest BCUT2D eigenvalue weighted by molar-refractivity contribution is 0.0678. The molecule has 1 aliphatic rings. The molecule has 0 saturated carbocycles. The standard InChI is InChI=1S/C18H20N2O/c1-2-20(15-10-5-3-4-6-11-15)18(21)17-13-14-9-7-8-12-16(14)19-17/h7-9,12-13,15,19H,2-3,5,10-11H2,1H3. The molecule has 3 heteroatoms. The van der Waals surface area contributed by atoms with Crippen molar-refractivity contribution in [2.75, 3.05) is 6.54 Å². The van der Waals surface area contributed by atoms with Crippen LogP contribution in [-0.2, 0) is 0 Å². The Morgan fingerprint density at radius 2 is 2.24 bits per heavy atom. The Morgan fingerprint density at radius 3 is 3.05 bits per heavy atom. The number of aromatic amines is 1. The van der Waals surface area contributed by atoms with Crippen LogP contribution < -0.4 is 0 Å². The van der Waals surface area contributed by atoms with Crippen molar-refractivity contribution in [3.05, 3.63) is 36.0 Å². The van der Waals surface area contributed by atoms with Crippen molar-refractivity contribution in [3.8, 4) is 11.8 Å². The molecular weight excluding hydrogens is 260 g/mol. The minimum atomic E-state index is 0.0856. The quantitative estimate of drug-likeness (QED) is 0.857. The van der Waals surface area contributed by atoms with Gasteiger partial charge in [0.2, 0.25) is 0 Å². The molecule has 0 bridgehead atoms. The molecule has 21 heavy (non-hydrogen) atoms. The van der Waals surface area contributed by atoms with Crippen LogP contribution in [0.2, 0.25) is 0 Å². The molecule has 0 spiro atoms. The van der Waals surface area contributed by atoms with Crippen LogP contribution in [0.15, 0.2) is 30.3 Å². The van der Waals surface area contributed by atoms with Crippen molar-refractivity contribution in [3.63, 3.8) is 0 Å². The number of nitrogens with zero attached hydrogens (tertiary/aromatic N) is 1. The minimum Gasteiger partial charge on any atom is -0.351 e. The van der Waals surface area contributed by atoms with E-state index in [-0.39, 0.29) is 11.9 Å². The molecule has 1 heterocycles. The van der Waals surface area contributed by atoms with Crippen molar-refractivity contribution in [2.45, 2.75) is 38.6 Å². The second-order valence-corrected chi connectivity index (χ2v) is 5.47. The zero-order valence-electron chi connectivity index (χ0n) is 12.4. The first-order chi connectivity index (χ1) is 10.3. The van der Waals surface area contributed by atoms with Gasteiger partial charge in [-0.3, -0.25) is 4.79 Å². The number of hydrogen-bond acceptors (Lipinski definition) is 1. The molecule has 0 fully saturated rings. The monoisotopic (exact) mass is 280 g/mol. The van der Waals surface area contributed by atoms with Gasteiger partial charge in [0.15, 0.2) is 0 Å². The molecule has 1 amide bonds. The van der Waals surface area contributed by atoms with Crippen molar-refractivity contribution in [2.24, 2.45) is 0 Å². The second-order valence-electron chi connectivity index (χ2n) is 5.47. The molecular formula is C18H20N2O. The highest BCUT2D eigenvalue weighted by Gasteiger charge is 2.24. The van der Waals surface area contributed by atoms with E-state index in [1.54, 1.807) is 0 Å². The normalized spacial score (nSPS) is 17.9. The van der Waals surface area contributed by atoms with E-state index in [2.05, 4.69) is 16.8 Å². The van der Waals surface area contributed by atoms with E-state index in [9.17, 15) is 4.79 Å². The van der Waals surface area contributed by atoms with E-state index in [1.165, 1.54) is 0 Å². The van der Waals surface area contributed by atoms with Gasteiger partial charge in [-0.1, -0.05) is 18.2 Å². The molecule has 0 radical (unpaired) electrons. The van der Waals surface area contributed by atoms with Crippen LogP contribution in [0.4, 0.5) is 0 Å². The summed E-state index contributed by atoms with van der Waals surface area (Å²) in [5.74, 6) is 6.44. The number of hydrogen-bond donors (Lipinski definition) is 1. The fraction of sp³-hybridized carbons (Fsp3) is 0.389. The van der Waals surface area contributed by atoms with Crippen molar-refractivity contribution >= 4 is 16.8 Å². The van der Waals surface area contributed by atoms with Crippen LogP contribution in [0.5, 0.6) is 0 Å². The van der Waals surface area contributed by atoms with E-state index in [0.717, 1.165) is 43.1 Å². The molecule has 3 rings (SSSR count). The lowest BCUT2D eigenvalue weighted by atomic mass is 10.1. The third kappa shape index (κ3) is 2.80. The first-order valence-corrected chi connectivity index (χ1v) is 7.64. The number of amides is 1. The lowest BCUT2D eigenvalue weighted by Gasteiger charge is -2.29. The Morgan fingerprint density at radius 1 is 1.38 bits per heavy atom. The first kappa shape index (κ1) is 13.8. The van der Waals surface area contributed by atoms with Gasteiger partial charge >= 0.3 is 0 Å². The highest BCUT2D eigenvalue weighted by atomic mass is 16.2. The number of aromatic nitrogens is 1. The predicted octanol–water partition coefficient (Wildman–Crippen LogP) is 3.58. The number of para-hydroxylation sites is 1. The van der Waals surface area contributed by atoms with Crippen molar-refractivity contribution in [1.82, 2.24) is 9.88 Å². The molecule has 1 unspecified atom stereocenters. The van der Waals surface area contributed by atoms with Gasteiger partial charge < -0.3 is 9.88 Å². The molecule has 0 saturated heterocycles. The smallest absolute Gasteiger partial charge is 0.270 e. The van der Waals surface area contributed by atoms with Gasteiger partial charge in [-0.25, -0.2) is 0 Å². The van der Waals surface area contributed by atoms with Gasteiger partial charge in [-0.2, -0.15) is 0 Å². The maximum absolute atomic E-state index is 12.8. The average molecular weight is 280 g/mol. The van der Waals surface area contributed by atoms with Crippen LogP contribution in [0.1, 0.15) is 43.1 Å². The molecule has 1 aliphatic carbocycles. The molecule has 0 aliphatic heterocycles. The zero-order valence-corrected chi connectivity index (χ0v) is 12.4. The van der Waals surface area contributed by atoms with E-state index in [4.69, 9.17) is 0 Å².